The molecule has 0 fully saturated rings. The molecule has 0 aliphatic carbocycles. The van der Waals surface area contributed by atoms with Crippen molar-refractivity contribution >= 4 is 22.8 Å². The lowest BCUT2D eigenvalue weighted by Crippen LogP contribution is -2.50. The molecule has 41 heavy (non-hydrogen) atoms. The summed E-state index contributed by atoms with van der Waals surface area (Å²) in [5.41, 5.74) is 2.20. The summed E-state index contributed by atoms with van der Waals surface area (Å²) in [6.07, 6.45) is 0.694. The number of aromatic nitrogens is 3. The number of carbonyl (C=O) groups excluding carboxylic acids is 2. The lowest BCUT2D eigenvalue weighted by molar-refractivity contribution is -0.143. The van der Waals surface area contributed by atoms with Crippen molar-refractivity contribution in [3.05, 3.63) is 77.9 Å². The van der Waals surface area contributed by atoms with E-state index < -0.39 is 11.6 Å². The minimum absolute atomic E-state index is 0.121. The number of amides is 2. The molecule has 3 aromatic carbocycles. The van der Waals surface area contributed by atoms with Crippen LogP contribution in [0.15, 0.2) is 66.7 Å². The summed E-state index contributed by atoms with van der Waals surface area (Å²) in [4.78, 5) is 30.0. The molecule has 10 heteroatoms. The second-order valence-electron chi connectivity index (χ2n) is 10.3. The molecule has 0 radical (unpaired) electrons. The Morgan fingerprint density at radius 2 is 1.68 bits per heavy atom. The molecule has 0 saturated carbocycles. The molecule has 1 unspecified atom stereocenters. The summed E-state index contributed by atoms with van der Waals surface area (Å²) in [5.74, 6) is 0.981. The van der Waals surface area contributed by atoms with Crippen LogP contribution >= 0.6 is 0 Å². The number of para-hydroxylation sites is 1. The third kappa shape index (κ3) is 6.77. The molecule has 1 atom stereocenters. The normalized spacial score (nSPS) is 12.0. The Balaban J connectivity index is 1.85. The van der Waals surface area contributed by atoms with Crippen molar-refractivity contribution in [2.45, 2.75) is 51.9 Å². The lowest BCUT2D eigenvalue weighted by atomic mass is 9.97. The molecule has 0 spiro atoms. The monoisotopic (exact) mass is 559 g/mol. The first-order valence-electron chi connectivity index (χ1n) is 13.4. The fourth-order valence-corrected chi connectivity index (χ4v) is 4.53. The van der Waals surface area contributed by atoms with Gasteiger partial charge in [0.25, 0.3) is 0 Å². The van der Waals surface area contributed by atoms with Crippen molar-refractivity contribution in [3.63, 3.8) is 0 Å². The van der Waals surface area contributed by atoms with E-state index in [4.69, 9.17) is 14.2 Å². The van der Waals surface area contributed by atoms with Gasteiger partial charge in [0.2, 0.25) is 11.8 Å². The summed E-state index contributed by atoms with van der Waals surface area (Å²) in [5, 5.41) is 11.5. The van der Waals surface area contributed by atoms with Gasteiger partial charge in [0.15, 0.2) is 0 Å². The van der Waals surface area contributed by atoms with Crippen molar-refractivity contribution in [3.8, 4) is 17.2 Å². The second kappa shape index (κ2) is 12.7. The van der Waals surface area contributed by atoms with Crippen LogP contribution in [0.5, 0.6) is 17.2 Å². The molecule has 0 aliphatic rings. The first kappa shape index (κ1) is 29.4. The summed E-state index contributed by atoms with van der Waals surface area (Å²) >= 11 is 0. The average Bonchev–Trinajstić information content (AvgIpc) is 3.39. The molecule has 1 aromatic heterocycles. The number of ether oxygens (including phenoxy) is 3. The topological polar surface area (TPSA) is 108 Å². The second-order valence-corrected chi connectivity index (χ2v) is 10.3. The fourth-order valence-electron chi connectivity index (χ4n) is 4.53. The Labute approximate surface area is 240 Å². The van der Waals surface area contributed by atoms with E-state index in [1.54, 1.807) is 42.0 Å². The van der Waals surface area contributed by atoms with Crippen molar-refractivity contribution in [1.29, 1.82) is 0 Å². The predicted octanol–water partition coefficient (Wildman–Crippen LogP) is 4.53. The van der Waals surface area contributed by atoms with E-state index in [2.05, 4.69) is 15.6 Å². The Kier molecular flexibility index (Phi) is 9.11. The minimum atomic E-state index is -1.03. The van der Waals surface area contributed by atoms with E-state index in [-0.39, 0.29) is 24.9 Å². The number of methoxy groups -OCH3 is 3. The number of carbonyl (C=O) groups is 2. The number of fused-ring (bicyclic) bond motifs is 1. The van der Waals surface area contributed by atoms with E-state index in [0.29, 0.717) is 34.7 Å². The third-order valence-corrected chi connectivity index (χ3v) is 7.15. The van der Waals surface area contributed by atoms with Gasteiger partial charge in [-0.2, -0.15) is 0 Å². The first-order valence-corrected chi connectivity index (χ1v) is 13.4. The van der Waals surface area contributed by atoms with Gasteiger partial charge in [-0.1, -0.05) is 36.4 Å². The Bertz CT molecular complexity index is 1520. The lowest BCUT2D eigenvalue weighted by Gasteiger charge is -2.35. The van der Waals surface area contributed by atoms with Crippen LogP contribution in [0.1, 0.15) is 44.4 Å². The Morgan fingerprint density at radius 3 is 2.39 bits per heavy atom. The summed E-state index contributed by atoms with van der Waals surface area (Å²) < 4.78 is 18.1. The van der Waals surface area contributed by atoms with Crippen LogP contribution in [0, 0.1) is 0 Å². The van der Waals surface area contributed by atoms with Crippen LogP contribution in [-0.2, 0) is 22.7 Å². The number of nitrogens with zero attached hydrogens (tertiary/aromatic N) is 4. The highest BCUT2D eigenvalue weighted by Crippen LogP contribution is 2.35. The van der Waals surface area contributed by atoms with E-state index in [0.717, 1.165) is 11.1 Å². The highest BCUT2D eigenvalue weighted by Gasteiger charge is 2.36. The van der Waals surface area contributed by atoms with Gasteiger partial charge in [-0.3, -0.25) is 9.59 Å². The van der Waals surface area contributed by atoms with Gasteiger partial charge in [-0.25, -0.2) is 4.68 Å². The van der Waals surface area contributed by atoms with Crippen LogP contribution in [0.2, 0.25) is 0 Å². The summed E-state index contributed by atoms with van der Waals surface area (Å²) in [6, 6.07) is 19.0. The van der Waals surface area contributed by atoms with Gasteiger partial charge < -0.3 is 24.4 Å². The number of benzene rings is 3. The maximum absolute atomic E-state index is 14.3. The predicted molar refractivity (Wildman–Crippen MR) is 156 cm³/mol. The van der Waals surface area contributed by atoms with E-state index >= 15 is 0 Å². The molecule has 216 valence electrons. The van der Waals surface area contributed by atoms with Gasteiger partial charge in [0.1, 0.15) is 35.4 Å². The minimum Gasteiger partial charge on any atom is -0.497 e. The molecule has 1 N–H and O–H groups in total. The smallest absolute Gasteiger partial charge is 0.248 e. The number of hydrogen-bond acceptors (Lipinski definition) is 7. The van der Waals surface area contributed by atoms with Crippen LogP contribution in [-0.4, -0.2) is 58.6 Å². The highest BCUT2D eigenvalue weighted by atomic mass is 16.5. The molecule has 4 aromatic rings. The number of hydrogen-bond donors (Lipinski definition) is 1. The number of nitrogens with one attached hydrogen (secondary N) is 1. The molecule has 4 rings (SSSR count). The fraction of sp³-hybridized carbons (Fsp3) is 0.355. The van der Waals surface area contributed by atoms with Crippen LogP contribution < -0.4 is 19.5 Å². The van der Waals surface area contributed by atoms with Crippen LogP contribution in [0.25, 0.3) is 11.0 Å². The zero-order valence-electron chi connectivity index (χ0n) is 24.4. The van der Waals surface area contributed by atoms with E-state index in [9.17, 15) is 9.59 Å². The molecule has 0 saturated heterocycles. The Morgan fingerprint density at radius 1 is 0.951 bits per heavy atom. The largest absolute Gasteiger partial charge is 0.497 e. The quantitative estimate of drug-likeness (QED) is 0.272. The highest BCUT2D eigenvalue weighted by molar-refractivity contribution is 5.90. The van der Waals surface area contributed by atoms with Gasteiger partial charge in [0.05, 0.1) is 26.8 Å². The van der Waals surface area contributed by atoms with Crippen molar-refractivity contribution in [2.75, 3.05) is 21.3 Å². The zero-order valence-corrected chi connectivity index (χ0v) is 24.4. The van der Waals surface area contributed by atoms with Crippen LogP contribution in [0.3, 0.4) is 0 Å². The third-order valence-electron chi connectivity index (χ3n) is 7.15. The molecular formula is C31H37N5O5. The maximum atomic E-state index is 14.3. The molecular weight excluding hydrogens is 522 g/mol. The SMILES string of the molecule is CCC(C)(C)NC(=O)C(c1ccc(OC)cc1OC)N(Cc1cccc(OC)c1)C(=O)Cn1nnc2ccccc21. The van der Waals surface area contributed by atoms with Crippen LogP contribution in [0.4, 0.5) is 0 Å². The first-order chi connectivity index (χ1) is 19.7. The molecule has 1 heterocycles. The van der Waals surface area contributed by atoms with Crippen molar-refractivity contribution in [2.24, 2.45) is 0 Å². The van der Waals surface area contributed by atoms with E-state index in [1.165, 1.54) is 7.11 Å². The van der Waals surface area contributed by atoms with Gasteiger partial charge in [-0.05, 0) is 62.2 Å². The summed E-state index contributed by atoms with van der Waals surface area (Å²) in [7, 11) is 4.67. The molecule has 2 amide bonds. The average molecular weight is 560 g/mol. The number of rotatable bonds is 12. The van der Waals surface area contributed by atoms with Crippen molar-refractivity contribution < 1.29 is 23.8 Å². The van der Waals surface area contributed by atoms with Crippen molar-refractivity contribution in [1.82, 2.24) is 25.2 Å². The molecule has 0 bridgehead atoms. The Hall–Kier alpha value is -4.60. The standard InChI is InChI=1S/C31H37N5O5/c1-7-31(2,3)32-30(38)29(24-16-15-23(40-5)18-27(24)41-6)35(19-21-11-10-12-22(17-21)39-4)28(37)20-36-26-14-9-8-13-25(26)33-34-36/h8-18,29H,7,19-20H2,1-6H3,(H,32,38). The maximum Gasteiger partial charge on any atom is 0.248 e. The van der Waals surface area contributed by atoms with E-state index in [1.807, 2.05) is 69.3 Å². The van der Waals surface area contributed by atoms with Gasteiger partial charge >= 0.3 is 0 Å². The molecule has 10 nitrogen and oxygen atoms in total. The molecule has 0 aliphatic heterocycles. The summed E-state index contributed by atoms with van der Waals surface area (Å²) in [6.45, 7) is 5.90. The van der Waals surface area contributed by atoms with Gasteiger partial charge in [0, 0.05) is 23.7 Å². The zero-order chi connectivity index (χ0) is 29.6. The van der Waals surface area contributed by atoms with Gasteiger partial charge in [-0.15, -0.1) is 5.10 Å².